The van der Waals surface area contributed by atoms with E-state index in [4.69, 9.17) is 5.11 Å². The number of amides is 1. The Labute approximate surface area is 105 Å². The van der Waals surface area contributed by atoms with E-state index in [0.29, 0.717) is 0 Å². The van der Waals surface area contributed by atoms with Gasteiger partial charge in [-0.05, 0) is 30.7 Å². The smallest absolute Gasteiger partial charge is 0.326 e. The summed E-state index contributed by atoms with van der Waals surface area (Å²) < 4.78 is 0. The van der Waals surface area contributed by atoms with Crippen molar-refractivity contribution in [2.45, 2.75) is 38.6 Å². The summed E-state index contributed by atoms with van der Waals surface area (Å²) in [5.74, 6) is -1.10. The number of hydrogen-bond donors (Lipinski definition) is 3. The van der Waals surface area contributed by atoms with Crippen molar-refractivity contribution in [3.8, 4) is 0 Å². The third-order valence-electron chi connectivity index (χ3n) is 3.10. The molecule has 1 heterocycles. The van der Waals surface area contributed by atoms with Crippen molar-refractivity contribution in [1.29, 1.82) is 0 Å². The third-order valence-corrected chi connectivity index (χ3v) is 3.10. The van der Waals surface area contributed by atoms with Crippen molar-refractivity contribution >= 4 is 11.9 Å². The van der Waals surface area contributed by atoms with Crippen molar-refractivity contribution in [1.82, 2.24) is 15.5 Å². The normalized spacial score (nSPS) is 16.6. The van der Waals surface area contributed by atoms with E-state index in [-0.39, 0.29) is 17.5 Å². The van der Waals surface area contributed by atoms with Gasteiger partial charge in [-0.15, -0.1) is 0 Å². The summed E-state index contributed by atoms with van der Waals surface area (Å²) in [4.78, 5) is 22.9. The first-order valence-corrected chi connectivity index (χ1v) is 6.08. The van der Waals surface area contributed by atoms with E-state index in [1.807, 2.05) is 13.8 Å². The Morgan fingerprint density at radius 1 is 1.50 bits per heavy atom. The first-order valence-electron chi connectivity index (χ1n) is 6.08. The molecule has 6 nitrogen and oxygen atoms in total. The maximum absolute atomic E-state index is 11.9. The van der Waals surface area contributed by atoms with Gasteiger partial charge < -0.3 is 10.4 Å². The molecule has 1 aliphatic carbocycles. The van der Waals surface area contributed by atoms with Crippen LogP contribution in [0.25, 0.3) is 0 Å². The molecule has 1 fully saturated rings. The summed E-state index contributed by atoms with van der Waals surface area (Å²) >= 11 is 0. The van der Waals surface area contributed by atoms with Crippen LogP contribution in [0.2, 0.25) is 0 Å². The van der Waals surface area contributed by atoms with Gasteiger partial charge in [0.2, 0.25) is 0 Å². The molecule has 0 saturated heterocycles. The van der Waals surface area contributed by atoms with Crippen molar-refractivity contribution in [2.75, 3.05) is 0 Å². The molecule has 1 saturated carbocycles. The number of carbonyl (C=O) groups excluding carboxylic acids is 1. The molecule has 0 aliphatic heterocycles. The molecule has 3 N–H and O–H groups in total. The molecule has 1 aromatic rings. The van der Waals surface area contributed by atoms with Crippen LogP contribution >= 0.6 is 0 Å². The van der Waals surface area contributed by atoms with E-state index in [0.717, 1.165) is 18.5 Å². The van der Waals surface area contributed by atoms with Crippen LogP contribution < -0.4 is 5.32 Å². The number of carbonyl (C=O) groups is 2. The van der Waals surface area contributed by atoms with Gasteiger partial charge in [-0.2, -0.15) is 5.10 Å². The summed E-state index contributed by atoms with van der Waals surface area (Å²) in [6, 6.07) is 0.864. The van der Waals surface area contributed by atoms with Crippen LogP contribution in [0.5, 0.6) is 0 Å². The molecule has 1 aromatic heterocycles. The van der Waals surface area contributed by atoms with Gasteiger partial charge in [-0.25, -0.2) is 4.79 Å². The van der Waals surface area contributed by atoms with Gasteiger partial charge in [0.05, 0.1) is 0 Å². The quantitative estimate of drug-likeness (QED) is 0.731. The number of aliphatic carboxylic acids is 1. The maximum atomic E-state index is 11.9. The summed E-state index contributed by atoms with van der Waals surface area (Å²) in [7, 11) is 0. The van der Waals surface area contributed by atoms with Crippen LogP contribution in [0.15, 0.2) is 6.07 Å². The van der Waals surface area contributed by atoms with Crippen molar-refractivity contribution in [3.05, 3.63) is 17.5 Å². The van der Waals surface area contributed by atoms with Gasteiger partial charge in [0.1, 0.15) is 11.7 Å². The Morgan fingerprint density at radius 3 is 2.61 bits per heavy atom. The minimum atomic E-state index is -0.981. The minimum Gasteiger partial charge on any atom is -0.480 e. The number of H-pyrrole nitrogens is 1. The highest BCUT2D eigenvalue weighted by atomic mass is 16.4. The first-order chi connectivity index (χ1) is 8.49. The second kappa shape index (κ2) is 4.80. The number of aromatic amines is 1. The van der Waals surface area contributed by atoms with E-state index in [1.54, 1.807) is 6.07 Å². The molecule has 1 aliphatic rings. The lowest BCUT2D eigenvalue weighted by molar-refractivity contribution is -0.139. The van der Waals surface area contributed by atoms with Gasteiger partial charge in [0, 0.05) is 5.69 Å². The van der Waals surface area contributed by atoms with Crippen molar-refractivity contribution in [3.63, 3.8) is 0 Å². The molecule has 0 radical (unpaired) electrons. The van der Waals surface area contributed by atoms with Crippen LogP contribution in [-0.4, -0.2) is 33.2 Å². The zero-order valence-corrected chi connectivity index (χ0v) is 10.4. The average Bonchev–Trinajstić information content (AvgIpc) is 3.00. The highest BCUT2D eigenvalue weighted by molar-refractivity contribution is 5.95. The summed E-state index contributed by atoms with van der Waals surface area (Å²) in [5.41, 5.74) is 1.10. The molecule has 18 heavy (non-hydrogen) atoms. The van der Waals surface area contributed by atoms with Gasteiger partial charge >= 0.3 is 5.97 Å². The molecule has 6 heteroatoms. The highest BCUT2D eigenvalue weighted by Gasteiger charge is 2.37. The maximum Gasteiger partial charge on any atom is 0.326 e. The lowest BCUT2D eigenvalue weighted by Crippen LogP contribution is -2.42. The van der Waals surface area contributed by atoms with Crippen LogP contribution in [0.4, 0.5) is 0 Å². The Hall–Kier alpha value is -1.85. The average molecular weight is 251 g/mol. The van der Waals surface area contributed by atoms with Crippen LogP contribution in [-0.2, 0) is 4.79 Å². The molecular formula is C12H17N3O3. The lowest BCUT2D eigenvalue weighted by Gasteiger charge is -2.11. The van der Waals surface area contributed by atoms with Gasteiger partial charge in [-0.3, -0.25) is 9.89 Å². The molecule has 1 atom stereocenters. The van der Waals surface area contributed by atoms with E-state index in [1.165, 1.54) is 0 Å². The Kier molecular flexibility index (Phi) is 3.36. The summed E-state index contributed by atoms with van der Waals surface area (Å²) in [6.45, 7) is 3.97. The number of carboxylic acids is 1. The molecular weight excluding hydrogens is 234 g/mol. The second-order valence-corrected chi connectivity index (χ2v) is 4.99. The molecule has 1 amide bonds. The third kappa shape index (κ3) is 2.69. The highest BCUT2D eigenvalue weighted by Crippen LogP contribution is 2.32. The fraction of sp³-hybridized carbons (Fsp3) is 0.583. The van der Waals surface area contributed by atoms with E-state index >= 15 is 0 Å². The fourth-order valence-corrected chi connectivity index (χ4v) is 1.77. The van der Waals surface area contributed by atoms with Crippen molar-refractivity contribution < 1.29 is 14.7 Å². The number of rotatable bonds is 5. The first kappa shape index (κ1) is 12.6. The number of hydrogen-bond acceptors (Lipinski definition) is 3. The van der Waals surface area contributed by atoms with Crippen LogP contribution in [0.1, 0.15) is 48.8 Å². The Bertz CT molecular complexity index is 463. The van der Waals surface area contributed by atoms with E-state index < -0.39 is 17.9 Å². The molecule has 1 unspecified atom stereocenters. The van der Waals surface area contributed by atoms with Crippen molar-refractivity contribution in [2.24, 2.45) is 5.92 Å². The fourth-order valence-electron chi connectivity index (χ4n) is 1.77. The summed E-state index contributed by atoms with van der Waals surface area (Å²) in [5, 5.41) is 18.2. The molecule has 0 aromatic carbocycles. The number of carboxylic acid groups (broad SMARTS) is 1. The largest absolute Gasteiger partial charge is 0.480 e. The van der Waals surface area contributed by atoms with Crippen LogP contribution in [0.3, 0.4) is 0 Å². The number of aromatic nitrogens is 2. The van der Waals surface area contributed by atoms with E-state index in [2.05, 4.69) is 15.5 Å². The molecule has 0 bridgehead atoms. The number of nitrogens with one attached hydrogen (secondary N) is 2. The van der Waals surface area contributed by atoms with E-state index in [9.17, 15) is 9.59 Å². The van der Waals surface area contributed by atoms with Gasteiger partial charge in [0.15, 0.2) is 0 Å². The monoisotopic (exact) mass is 251 g/mol. The van der Waals surface area contributed by atoms with Gasteiger partial charge in [-0.1, -0.05) is 13.8 Å². The zero-order valence-electron chi connectivity index (χ0n) is 10.4. The Morgan fingerprint density at radius 2 is 2.17 bits per heavy atom. The molecule has 2 rings (SSSR count). The standard InChI is InChI=1S/C12H17N3O3/c1-6(2)8-5-9(15-14-8)11(16)13-10(12(17)18)7-3-4-7/h5-7,10H,3-4H2,1-2H3,(H,13,16)(H,14,15)(H,17,18). The molecule has 0 spiro atoms. The Balaban J connectivity index is 2.03. The van der Waals surface area contributed by atoms with Crippen LogP contribution in [0, 0.1) is 5.92 Å². The second-order valence-electron chi connectivity index (χ2n) is 4.99. The molecule has 98 valence electrons. The minimum absolute atomic E-state index is 0.0648. The lowest BCUT2D eigenvalue weighted by atomic mass is 10.1. The number of nitrogens with zero attached hydrogens (tertiary/aromatic N) is 1. The topological polar surface area (TPSA) is 95.1 Å². The van der Waals surface area contributed by atoms with Gasteiger partial charge in [0.25, 0.3) is 5.91 Å². The zero-order chi connectivity index (χ0) is 13.3. The summed E-state index contributed by atoms with van der Waals surface area (Å²) in [6.07, 6.45) is 1.71. The predicted molar refractivity (Wildman–Crippen MR) is 64.3 cm³/mol. The predicted octanol–water partition coefficient (Wildman–Crippen LogP) is 1.13. The SMILES string of the molecule is CC(C)c1cc(C(=O)NC(C(=O)O)C2CC2)n[nH]1.